The highest BCUT2D eigenvalue weighted by molar-refractivity contribution is 7.08. The van der Waals surface area contributed by atoms with Gasteiger partial charge in [0.1, 0.15) is 0 Å². The van der Waals surface area contributed by atoms with Gasteiger partial charge in [0, 0.05) is 6.42 Å². The van der Waals surface area contributed by atoms with Gasteiger partial charge in [-0.15, -0.1) is 0 Å². The summed E-state index contributed by atoms with van der Waals surface area (Å²) in [5.74, 6) is 0. The maximum atomic E-state index is 3.49. The van der Waals surface area contributed by atoms with Gasteiger partial charge < -0.3 is 0 Å². The summed E-state index contributed by atoms with van der Waals surface area (Å²) in [6.07, 6.45) is 7.07. The van der Waals surface area contributed by atoms with Crippen LogP contribution < -0.4 is 0 Å². The smallest absolute Gasteiger partial charge is 0.0168 e. The number of rotatable bonds is 1. The molecule has 0 bridgehead atoms. The second-order valence-corrected chi connectivity index (χ2v) is 5.11. The molecule has 0 saturated heterocycles. The molecule has 0 spiro atoms. The van der Waals surface area contributed by atoms with Crippen molar-refractivity contribution in [2.45, 2.75) is 26.2 Å². The predicted octanol–water partition coefficient (Wildman–Crippen LogP) is 4.49. The van der Waals surface area contributed by atoms with Crippen molar-refractivity contribution >= 4 is 11.3 Å². The molecule has 80 valence electrons. The fraction of sp³-hybridized carbons (Fsp3) is 0.267. The zero-order chi connectivity index (χ0) is 11.0. The molecule has 1 aliphatic rings. The van der Waals surface area contributed by atoms with Crippen LogP contribution in [0.25, 0.3) is 11.1 Å². The molecule has 0 amide bonds. The van der Waals surface area contributed by atoms with Crippen molar-refractivity contribution in [1.29, 1.82) is 0 Å². The molecule has 1 aliphatic carbocycles. The first-order valence-electron chi connectivity index (χ1n) is 5.74. The first kappa shape index (κ1) is 10.1. The highest BCUT2D eigenvalue weighted by atomic mass is 32.1. The Morgan fingerprint density at radius 3 is 3.00 bits per heavy atom. The molecule has 0 aliphatic heterocycles. The highest BCUT2D eigenvalue weighted by Crippen LogP contribution is 2.31. The molecule has 16 heavy (non-hydrogen) atoms. The third-order valence-electron chi connectivity index (χ3n) is 3.21. The minimum absolute atomic E-state index is 1.11. The lowest BCUT2D eigenvalue weighted by Crippen LogP contribution is -2.00. The van der Waals surface area contributed by atoms with E-state index in [1.54, 1.807) is 11.3 Å². The van der Waals surface area contributed by atoms with Crippen LogP contribution in [0.15, 0.2) is 29.0 Å². The van der Waals surface area contributed by atoms with E-state index in [-0.39, 0.29) is 0 Å². The summed E-state index contributed by atoms with van der Waals surface area (Å²) in [4.78, 5) is 0. The molecule has 0 N–H and O–H groups in total. The summed E-state index contributed by atoms with van der Waals surface area (Å²) in [6.45, 7) is 2.18. The lowest BCUT2D eigenvalue weighted by molar-refractivity contribution is 0.775. The molecule has 0 unspecified atom stereocenters. The number of hydrogen-bond donors (Lipinski definition) is 0. The highest BCUT2D eigenvalue weighted by Gasteiger charge is 2.11. The van der Waals surface area contributed by atoms with Crippen molar-refractivity contribution in [2.24, 2.45) is 0 Å². The van der Waals surface area contributed by atoms with Crippen LogP contribution in [0.5, 0.6) is 0 Å². The van der Waals surface area contributed by atoms with Gasteiger partial charge in [-0.05, 0) is 64.8 Å². The Balaban J connectivity index is 2.06. The van der Waals surface area contributed by atoms with Crippen LogP contribution in [-0.2, 0) is 6.42 Å². The van der Waals surface area contributed by atoms with Gasteiger partial charge in [-0.3, -0.25) is 0 Å². The summed E-state index contributed by atoms with van der Waals surface area (Å²) in [7, 11) is 0. The van der Waals surface area contributed by atoms with Gasteiger partial charge in [0.05, 0.1) is 0 Å². The van der Waals surface area contributed by atoms with Crippen molar-refractivity contribution in [1.82, 2.24) is 0 Å². The number of aryl methyl sites for hydroxylation is 2. The van der Waals surface area contributed by atoms with E-state index in [4.69, 9.17) is 0 Å². The zero-order valence-electron chi connectivity index (χ0n) is 9.42. The average molecular weight is 226 g/mol. The Hall–Kier alpha value is -1.08. The van der Waals surface area contributed by atoms with Gasteiger partial charge in [-0.2, -0.15) is 11.3 Å². The van der Waals surface area contributed by atoms with E-state index in [0.717, 1.165) is 6.42 Å². The quantitative estimate of drug-likeness (QED) is 0.672. The topological polar surface area (TPSA) is 0 Å². The van der Waals surface area contributed by atoms with Gasteiger partial charge >= 0.3 is 0 Å². The summed E-state index contributed by atoms with van der Waals surface area (Å²) in [5, 5.41) is 4.45. The molecule has 2 aromatic rings. The summed E-state index contributed by atoms with van der Waals surface area (Å²) >= 11 is 1.78. The van der Waals surface area contributed by atoms with E-state index in [1.807, 2.05) is 0 Å². The van der Waals surface area contributed by atoms with E-state index in [1.165, 1.54) is 40.7 Å². The molecule has 3 rings (SSSR count). The Morgan fingerprint density at radius 1 is 1.25 bits per heavy atom. The zero-order valence-corrected chi connectivity index (χ0v) is 10.2. The molecule has 1 aromatic carbocycles. The van der Waals surface area contributed by atoms with Crippen molar-refractivity contribution in [3.63, 3.8) is 0 Å². The second-order valence-electron chi connectivity index (χ2n) is 4.37. The van der Waals surface area contributed by atoms with Crippen LogP contribution in [0.2, 0.25) is 0 Å². The molecular weight excluding hydrogens is 212 g/mol. The van der Waals surface area contributed by atoms with Gasteiger partial charge in [0.15, 0.2) is 0 Å². The first-order chi connectivity index (χ1) is 7.84. The lowest BCUT2D eigenvalue weighted by atomic mass is 9.89. The lowest BCUT2D eigenvalue weighted by Gasteiger charge is -2.15. The van der Waals surface area contributed by atoms with E-state index in [9.17, 15) is 0 Å². The van der Waals surface area contributed by atoms with Crippen LogP contribution in [0.4, 0.5) is 0 Å². The van der Waals surface area contributed by atoms with Crippen molar-refractivity contribution in [2.75, 3.05) is 0 Å². The van der Waals surface area contributed by atoms with Crippen LogP contribution in [-0.4, -0.2) is 0 Å². The van der Waals surface area contributed by atoms with E-state index in [0.29, 0.717) is 0 Å². The van der Waals surface area contributed by atoms with E-state index >= 15 is 0 Å². The predicted molar refractivity (Wildman–Crippen MR) is 69.8 cm³/mol. The fourth-order valence-electron chi connectivity index (χ4n) is 2.28. The van der Waals surface area contributed by atoms with E-state index in [2.05, 4.69) is 42.3 Å². The van der Waals surface area contributed by atoms with Crippen LogP contribution in [0, 0.1) is 13.3 Å². The molecule has 2 radical (unpaired) electrons. The summed E-state index contributed by atoms with van der Waals surface area (Å²) in [6, 6.07) is 6.82. The Morgan fingerprint density at radius 2 is 2.19 bits per heavy atom. The summed E-state index contributed by atoms with van der Waals surface area (Å²) < 4.78 is 0. The van der Waals surface area contributed by atoms with Crippen LogP contribution >= 0.6 is 11.3 Å². The van der Waals surface area contributed by atoms with Gasteiger partial charge in [-0.25, -0.2) is 0 Å². The number of benzene rings is 1. The molecule has 0 atom stereocenters. The SMILES string of the molecule is Cc1cscc1-c1ccc2c(c1)[C]CCC2. The number of hydrogen-bond acceptors (Lipinski definition) is 1. The molecule has 1 heterocycles. The van der Waals surface area contributed by atoms with E-state index < -0.39 is 0 Å². The van der Waals surface area contributed by atoms with Crippen molar-refractivity contribution < 1.29 is 0 Å². The standard InChI is InChI=1S/C15H14S/c1-11-9-16-10-15(11)14-7-6-12-4-2-3-5-13(12)8-14/h6-10H,2-4H2,1H3. The third-order valence-corrected chi connectivity index (χ3v) is 4.08. The maximum absolute atomic E-state index is 3.49. The Bertz CT molecular complexity index is 508. The molecule has 1 heteroatoms. The summed E-state index contributed by atoms with van der Waals surface area (Å²) in [5.41, 5.74) is 6.88. The third kappa shape index (κ3) is 1.69. The van der Waals surface area contributed by atoms with Crippen molar-refractivity contribution in [3.8, 4) is 11.1 Å². The Labute approximate surface area is 101 Å². The molecule has 1 aromatic heterocycles. The molecule has 0 fully saturated rings. The monoisotopic (exact) mass is 226 g/mol. The second kappa shape index (κ2) is 4.06. The van der Waals surface area contributed by atoms with Gasteiger partial charge in [-0.1, -0.05) is 18.2 Å². The van der Waals surface area contributed by atoms with Crippen molar-refractivity contribution in [3.05, 3.63) is 52.1 Å². The molecule has 0 saturated carbocycles. The van der Waals surface area contributed by atoms with Gasteiger partial charge in [0.25, 0.3) is 0 Å². The molecule has 0 nitrogen and oxygen atoms in total. The Kier molecular flexibility index (Phi) is 2.56. The van der Waals surface area contributed by atoms with Crippen LogP contribution in [0.3, 0.4) is 0 Å². The average Bonchev–Trinajstić information content (AvgIpc) is 2.75. The molecular formula is C15H14S. The first-order valence-corrected chi connectivity index (χ1v) is 6.69. The maximum Gasteiger partial charge on any atom is 0.0168 e. The normalized spacial score (nSPS) is 14.8. The number of fused-ring (bicyclic) bond motifs is 1. The largest absolute Gasteiger partial charge is 0.151 e. The number of thiophene rings is 1. The fourth-order valence-corrected chi connectivity index (χ4v) is 3.14. The van der Waals surface area contributed by atoms with Gasteiger partial charge in [0.2, 0.25) is 0 Å². The van der Waals surface area contributed by atoms with Crippen LogP contribution in [0.1, 0.15) is 29.5 Å². The minimum atomic E-state index is 1.11. The minimum Gasteiger partial charge on any atom is -0.151 e.